The minimum atomic E-state index is -0.574. The van der Waals surface area contributed by atoms with E-state index >= 15 is 0 Å². The molecule has 204 valence electrons. The van der Waals surface area contributed by atoms with Gasteiger partial charge < -0.3 is 42.6 Å². The van der Waals surface area contributed by atoms with E-state index in [1.54, 1.807) is 56.9 Å². The molecule has 0 fully saturated rings. The lowest BCUT2D eigenvalue weighted by molar-refractivity contribution is 0.0177. The molecule has 0 saturated heterocycles. The van der Waals surface area contributed by atoms with Gasteiger partial charge in [-0.3, -0.25) is 0 Å². The van der Waals surface area contributed by atoms with Gasteiger partial charge in [-0.2, -0.15) is 0 Å². The van der Waals surface area contributed by atoms with Crippen LogP contribution in [-0.4, -0.2) is 56.9 Å². The van der Waals surface area contributed by atoms with E-state index in [0.29, 0.717) is 46.0 Å². The molecule has 0 amide bonds. The summed E-state index contributed by atoms with van der Waals surface area (Å²) in [6.45, 7) is 0. The summed E-state index contributed by atoms with van der Waals surface area (Å²) in [6.07, 6.45) is -1.15. The first-order chi connectivity index (χ1) is 19.0. The Kier molecular flexibility index (Phi) is 5.91. The third kappa shape index (κ3) is 3.16. The highest BCUT2D eigenvalue weighted by Gasteiger charge is 2.46. The fourth-order valence-electron chi connectivity index (χ4n) is 6.19. The van der Waals surface area contributed by atoms with E-state index < -0.39 is 12.2 Å². The summed E-state index contributed by atoms with van der Waals surface area (Å²) < 4.78 is 54.1. The van der Waals surface area contributed by atoms with Crippen molar-refractivity contribution in [1.29, 1.82) is 0 Å². The van der Waals surface area contributed by atoms with Crippen molar-refractivity contribution in [3.63, 3.8) is 0 Å². The van der Waals surface area contributed by atoms with Gasteiger partial charge in [0.15, 0.2) is 0 Å². The SMILES string of the molecule is COc1cc(OC)c2c(OC)cc(OC)c3c2c1C1OC3c2c(OC)cc(OC)c3c(OC)cc(OC)c1c23. The maximum absolute atomic E-state index is 6.94. The molecular weight excluding hydrogens is 504 g/mol. The molecule has 2 bridgehead atoms. The molecule has 39 heavy (non-hydrogen) atoms. The van der Waals surface area contributed by atoms with Gasteiger partial charge in [0.2, 0.25) is 0 Å². The fourth-order valence-corrected chi connectivity index (χ4v) is 6.19. The van der Waals surface area contributed by atoms with E-state index in [1.165, 1.54) is 0 Å². The van der Waals surface area contributed by atoms with Crippen LogP contribution in [-0.2, 0) is 4.74 Å². The second-order valence-corrected chi connectivity index (χ2v) is 9.18. The van der Waals surface area contributed by atoms with Crippen LogP contribution in [0.15, 0.2) is 24.3 Å². The first-order valence-electron chi connectivity index (χ1n) is 12.3. The number of methoxy groups -OCH3 is 8. The monoisotopic (exact) mass is 534 g/mol. The molecule has 0 radical (unpaired) electrons. The van der Waals surface area contributed by atoms with Crippen LogP contribution in [0, 0.1) is 0 Å². The molecule has 0 spiro atoms. The molecule has 0 aromatic heterocycles. The molecular formula is C30H30O9. The highest BCUT2D eigenvalue weighted by Crippen LogP contribution is 2.64. The molecule has 6 rings (SSSR count). The number of rotatable bonds is 8. The molecule has 2 aliphatic heterocycles. The van der Waals surface area contributed by atoms with Gasteiger partial charge in [0.1, 0.15) is 58.2 Å². The third-order valence-corrected chi connectivity index (χ3v) is 7.75. The van der Waals surface area contributed by atoms with Crippen molar-refractivity contribution in [1.82, 2.24) is 0 Å². The van der Waals surface area contributed by atoms with Crippen LogP contribution in [0.2, 0.25) is 0 Å². The van der Waals surface area contributed by atoms with Crippen molar-refractivity contribution in [2.75, 3.05) is 56.9 Å². The smallest absolute Gasteiger partial charge is 0.134 e. The van der Waals surface area contributed by atoms with Gasteiger partial charge in [0.05, 0.1) is 67.7 Å². The van der Waals surface area contributed by atoms with E-state index in [1.807, 2.05) is 24.3 Å². The topological polar surface area (TPSA) is 83.1 Å². The Balaban J connectivity index is 1.90. The maximum atomic E-state index is 6.94. The van der Waals surface area contributed by atoms with Crippen molar-refractivity contribution in [2.45, 2.75) is 12.2 Å². The summed E-state index contributed by atoms with van der Waals surface area (Å²) >= 11 is 0. The summed E-state index contributed by atoms with van der Waals surface area (Å²) in [5, 5.41) is 3.34. The van der Waals surface area contributed by atoms with Crippen molar-refractivity contribution in [3.05, 3.63) is 46.5 Å². The summed E-state index contributed by atoms with van der Waals surface area (Å²) in [6, 6.07) is 7.42. The van der Waals surface area contributed by atoms with Gasteiger partial charge in [0, 0.05) is 57.3 Å². The van der Waals surface area contributed by atoms with Crippen LogP contribution in [0.5, 0.6) is 46.0 Å². The molecule has 0 saturated carbocycles. The minimum absolute atomic E-state index is 0.574. The van der Waals surface area contributed by atoms with Crippen LogP contribution < -0.4 is 37.9 Å². The summed E-state index contributed by atoms with van der Waals surface area (Å²) in [5.41, 5.74) is 3.26. The molecule has 4 aromatic carbocycles. The van der Waals surface area contributed by atoms with E-state index in [4.69, 9.17) is 42.6 Å². The molecule has 0 atom stereocenters. The minimum Gasteiger partial charge on any atom is -0.496 e. The highest BCUT2D eigenvalue weighted by atomic mass is 16.5. The second kappa shape index (κ2) is 9.20. The van der Waals surface area contributed by atoms with Gasteiger partial charge in [-0.1, -0.05) is 0 Å². The van der Waals surface area contributed by atoms with Crippen LogP contribution in [0.3, 0.4) is 0 Å². The number of ether oxygens (including phenoxy) is 9. The van der Waals surface area contributed by atoms with Crippen LogP contribution in [0.4, 0.5) is 0 Å². The fraction of sp³-hybridized carbons (Fsp3) is 0.333. The van der Waals surface area contributed by atoms with Crippen LogP contribution in [0.25, 0.3) is 21.5 Å². The first kappa shape index (κ1) is 25.1. The van der Waals surface area contributed by atoms with Crippen LogP contribution >= 0.6 is 0 Å². The third-order valence-electron chi connectivity index (χ3n) is 7.75. The maximum Gasteiger partial charge on any atom is 0.134 e. The number of fused-ring (bicyclic) bond motifs is 6. The Morgan fingerprint density at radius 3 is 0.795 bits per heavy atom. The Labute approximate surface area is 226 Å². The molecule has 4 aromatic rings. The largest absolute Gasteiger partial charge is 0.496 e. The van der Waals surface area contributed by atoms with Crippen molar-refractivity contribution < 1.29 is 42.6 Å². The van der Waals surface area contributed by atoms with E-state index in [9.17, 15) is 0 Å². The number of hydrogen-bond donors (Lipinski definition) is 0. The molecule has 0 unspecified atom stereocenters. The van der Waals surface area contributed by atoms with Gasteiger partial charge >= 0.3 is 0 Å². The zero-order valence-corrected chi connectivity index (χ0v) is 23.1. The lowest BCUT2D eigenvalue weighted by Gasteiger charge is -2.41. The van der Waals surface area contributed by atoms with E-state index in [0.717, 1.165) is 43.8 Å². The predicted molar refractivity (Wildman–Crippen MR) is 145 cm³/mol. The Morgan fingerprint density at radius 2 is 0.590 bits per heavy atom. The Morgan fingerprint density at radius 1 is 0.359 bits per heavy atom. The number of benzene rings is 4. The second-order valence-electron chi connectivity index (χ2n) is 9.18. The summed E-state index contributed by atoms with van der Waals surface area (Å²) in [7, 11) is 13.0. The van der Waals surface area contributed by atoms with E-state index in [2.05, 4.69) is 0 Å². The lowest BCUT2D eigenvalue weighted by atomic mass is 9.77. The highest BCUT2D eigenvalue weighted by molar-refractivity contribution is 6.08. The quantitative estimate of drug-likeness (QED) is 0.288. The average molecular weight is 535 g/mol. The van der Waals surface area contributed by atoms with Gasteiger partial charge in [-0.05, 0) is 0 Å². The van der Waals surface area contributed by atoms with Crippen molar-refractivity contribution in [2.24, 2.45) is 0 Å². The molecule has 2 aliphatic rings. The zero-order chi connectivity index (χ0) is 27.6. The molecule has 9 heteroatoms. The molecule has 0 N–H and O–H groups in total. The van der Waals surface area contributed by atoms with Crippen molar-refractivity contribution >= 4 is 21.5 Å². The molecule has 9 nitrogen and oxygen atoms in total. The lowest BCUT2D eigenvalue weighted by Crippen LogP contribution is -2.26. The average Bonchev–Trinajstić information content (AvgIpc) is 2.99. The van der Waals surface area contributed by atoms with Gasteiger partial charge in [-0.25, -0.2) is 0 Å². The first-order valence-corrected chi connectivity index (χ1v) is 12.3. The van der Waals surface area contributed by atoms with Crippen molar-refractivity contribution in [3.8, 4) is 46.0 Å². The Hall–Kier alpha value is -4.24. The Bertz CT molecular complexity index is 1410. The summed E-state index contributed by atoms with van der Waals surface area (Å²) in [4.78, 5) is 0. The van der Waals surface area contributed by atoms with Gasteiger partial charge in [0.25, 0.3) is 0 Å². The van der Waals surface area contributed by atoms with Crippen LogP contribution in [0.1, 0.15) is 34.5 Å². The summed E-state index contributed by atoms with van der Waals surface area (Å²) in [5.74, 6) is 4.85. The zero-order valence-electron chi connectivity index (χ0n) is 23.1. The van der Waals surface area contributed by atoms with Gasteiger partial charge in [-0.15, -0.1) is 0 Å². The normalized spacial score (nSPS) is 16.6. The standard InChI is InChI=1S/C30H30O9/c1-31-13-9-17(35-5)23-27-21(13)14(32-2)10-18(36-6)24(27)30-26-20(38-8)12-16(34-4)22-15(33-3)11-19(37-7)25(28(22)26)29(23)39-30/h9-12,29-30H,1-8H3. The van der Waals surface area contributed by atoms with E-state index in [-0.39, 0.29) is 0 Å². The predicted octanol–water partition coefficient (Wildman–Crippen LogP) is 5.58. The molecule has 0 aliphatic carbocycles. The molecule has 2 heterocycles. The number of hydrogen-bond acceptors (Lipinski definition) is 9.